The summed E-state index contributed by atoms with van der Waals surface area (Å²) in [6.07, 6.45) is 0.929. The lowest BCUT2D eigenvalue weighted by atomic mass is 9.97. The van der Waals surface area contributed by atoms with Gasteiger partial charge in [-0.3, -0.25) is 4.79 Å². The Labute approximate surface area is 186 Å². The van der Waals surface area contributed by atoms with E-state index in [0.717, 1.165) is 5.56 Å². The van der Waals surface area contributed by atoms with Gasteiger partial charge in [0.2, 0.25) is 15.9 Å². The molecule has 2 aromatic rings. The third-order valence-corrected chi connectivity index (χ3v) is 8.08. The number of nitrogens with zero attached hydrogens (tertiary/aromatic N) is 1. The van der Waals surface area contributed by atoms with Crippen LogP contribution in [0.25, 0.3) is 0 Å². The van der Waals surface area contributed by atoms with Crippen molar-refractivity contribution >= 4 is 56.4 Å². The molecule has 1 amide bonds. The summed E-state index contributed by atoms with van der Waals surface area (Å²) in [5, 5.41) is 4.20. The molecule has 0 atom stereocenters. The molecule has 0 aromatic heterocycles. The Morgan fingerprint density at radius 3 is 2.41 bits per heavy atom. The maximum atomic E-state index is 12.7. The minimum Gasteiger partial charge on any atom is -0.326 e. The number of piperidine rings is 1. The van der Waals surface area contributed by atoms with E-state index in [1.165, 1.54) is 4.31 Å². The molecule has 3 rings (SSSR count). The van der Waals surface area contributed by atoms with Gasteiger partial charge in [-0.1, -0.05) is 46.9 Å². The number of amides is 1. The molecule has 0 unspecified atom stereocenters. The van der Waals surface area contributed by atoms with Crippen molar-refractivity contribution in [1.29, 1.82) is 0 Å². The Balaban J connectivity index is 1.59. The normalized spacial score (nSPS) is 16.0. The topological polar surface area (TPSA) is 66.5 Å². The van der Waals surface area contributed by atoms with Gasteiger partial charge in [0.15, 0.2) is 0 Å². The van der Waals surface area contributed by atoms with E-state index < -0.39 is 10.0 Å². The highest BCUT2D eigenvalue weighted by molar-refractivity contribution is 7.88. The highest BCUT2D eigenvalue weighted by atomic mass is 35.5. The van der Waals surface area contributed by atoms with Gasteiger partial charge in [0.05, 0.1) is 15.8 Å². The van der Waals surface area contributed by atoms with Crippen LogP contribution in [0.15, 0.2) is 36.4 Å². The lowest BCUT2D eigenvalue weighted by Crippen LogP contribution is -2.41. The Kier molecular flexibility index (Phi) is 7.12. The molecule has 0 saturated carbocycles. The summed E-state index contributed by atoms with van der Waals surface area (Å²) in [6.45, 7) is 2.45. The van der Waals surface area contributed by atoms with Crippen molar-refractivity contribution in [3.63, 3.8) is 0 Å². The van der Waals surface area contributed by atoms with Gasteiger partial charge in [0.1, 0.15) is 0 Å². The Morgan fingerprint density at radius 1 is 1.07 bits per heavy atom. The second-order valence-electron chi connectivity index (χ2n) is 7.08. The second-order valence-corrected chi connectivity index (χ2v) is 10.3. The summed E-state index contributed by atoms with van der Waals surface area (Å²) in [4.78, 5) is 12.6. The van der Waals surface area contributed by atoms with Crippen LogP contribution in [0.5, 0.6) is 0 Å². The summed E-state index contributed by atoms with van der Waals surface area (Å²) >= 11 is 18.0. The number of carbonyl (C=O) groups excluding carboxylic acids is 1. The number of halogens is 3. The lowest BCUT2D eigenvalue weighted by Gasteiger charge is -2.30. The standard InChI is InChI=1S/C20H21Cl3N2O3S/c1-13-16(21)3-2-4-19(13)24-20(26)15-7-9-25(10-8-15)29(27,28)12-14-5-6-17(22)18(23)11-14/h2-6,11,15H,7-10,12H2,1H3,(H,24,26). The molecule has 1 saturated heterocycles. The van der Waals surface area contributed by atoms with Gasteiger partial charge in [-0.05, 0) is 55.2 Å². The fourth-order valence-corrected chi connectivity index (χ4v) is 5.35. The number of carbonyl (C=O) groups is 1. The predicted octanol–water partition coefficient (Wildman–Crippen LogP) is 5.14. The molecule has 1 heterocycles. The van der Waals surface area contributed by atoms with Gasteiger partial charge in [-0.15, -0.1) is 0 Å². The molecule has 1 aliphatic heterocycles. The number of rotatable bonds is 5. The quantitative estimate of drug-likeness (QED) is 0.651. The van der Waals surface area contributed by atoms with Crippen LogP contribution < -0.4 is 5.32 Å². The van der Waals surface area contributed by atoms with E-state index in [-0.39, 0.29) is 17.6 Å². The molecule has 156 valence electrons. The van der Waals surface area contributed by atoms with E-state index in [1.807, 2.05) is 6.92 Å². The molecule has 1 N–H and O–H groups in total. The molecule has 1 fully saturated rings. The van der Waals surface area contributed by atoms with Crippen LogP contribution in [-0.2, 0) is 20.6 Å². The van der Waals surface area contributed by atoms with Crippen molar-refractivity contribution in [2.24, 2.45) is 5.92 Å². The van der Waals surface area contributed by atoms with Gasteiger partial charge < -0.3 is 5.32 Å². The number of benzene rings is 2. The van der Waals surface area contributed by atoms with Crippen LogP contribution in [0.1, 0.15) is 24.0 Å². The van der Waals surface area contributed by atoms with Crippen molar-refractivity contribution in [3.8, 4) is 0 Å². The zero-order chi connectivity index (χ0) is 21.2. The monoisotopic (exact) mass is 474 g/mol. The van der Waals surface area contributed by atoms with Gasteiger partial charge in [-0.2, -0.15) is 0 Å². The predicted molar refractivity (Wildman–Crippen MR) is 118 cm³/mol. The van der Waals surface area contributed by atoms with Gasteiger partial charge in [0.25, 0.3) is 0 Å². The van der Waals surface area contributed by atoms with E-state index >= 15 is 0 Å². The van der Waals surface area contributed by atoms with Crippen LogP contribution in [0.2, 0.25) is 15.1 Å². The number of nitrogens with one attached hydrogen (secondary N) is 1. The summed E-state index contributed by atoms with van der Waals surface area (Å²) < 4.78 is 26.9. The first kappa shape index (κ1) is 22.4. The molecule has 1 aliphatic rings. The van der Waals surface area contributed by atoms with Crippen LogP contribution >= 0.6 is 34.8 Å². The van der Waals surface area contributed by atoms with Gasteiger partial charge >= 0.3 is 0 Å². The Bertz CT molecular complexity index is 1020. The van der Waals surface area contributed by atoms with Crippen molar-refractivity contribution in [2.75, 3.05) is 18.4 Å². The van der Waals surface area contributed by atoms with Crippen molar-refractivity contribution in [1.82, 2.24) is 4.31 Å². The van der Waals surface area contributed by atoms with E-state index in [9.17, 15) is 13.2 Å². The summed E-state index contributed by atoms with van der Waals surface area (Å²) in [5.74, 6) is -0.510. The summed E-state index contributed by atoms with van der Waals surface area (Å²) in [5.41, 5.74) is 2.07. The minimum atomic E-state index is -3.50. The zero-order valence-electron chi connectivity index (χ0n) is 15.8. The summed E-state index contributed by atoms with van der Waals surface area (Å²) in [7, 11) is -3.50. The van der Waals surface area contributed by atoms with E-state index in [2.05, 4.69) is 5.32 Å². The number of hydrogen-bond acceptors (Lipinski definition) is 3. The average molecular weight is 476 g/mol. The van der Waals surface area contributed by atoms with Crippen LogP contribution in [0.4, 0.5) is 5.69 Å². The first-order valence-corrected chi connectivity index (χ1v) is 11.9. The van der Waals surface area contributed by atoms with Gasteiger partial charge in [-0.25, -0.2) is 12.7 Å². The maximum Gasteiger partial charge on any atom is 0.227 e. The first-order valence-electron chi connectivity index (χ1n) is 9.15. The Hall–Kier alpha value is -1.31. The van der Waals surface area contributed by atoms with Gasteiger partial charge in [0, 0.05) is 29.7 Å². The second kappa shape index (κ2) is 9.23. The third kappa shape index (κ3) is 5.44. The third-order valence-electron chi connectivity index (χ3n) is 5.08. The molecular formula is C20H21Cl3N2O3S. The smallest absolute Gasteiger partial charge is 0.227 e. The van der Waals surface area contributed by atoms with Crippen LogP contribution in [0.3, 0.4) is 0 Å². The average Bonchev–Trinajstić information content (AvgIpc) is 2.68. The highest BCUT2D eigenvalue weighted by Gasteiger charge is 2.31. The zero-order valence-corrected chi connectivity index (χ0v) is 18.9. The van der Waals surface area contributed by atoms with Crippen molar-refractivity contribution < 1.29 is 13.2 Å². The number of anilines is 1. The highest BCUT2D eigenvalue weighted by Crippen LogP contribution is 2.28. The lowest BCUT2D eigenvalue weighted by molar-refractivity contribution is -0.120. The molecule has 5 nitrogen and oxygen atoms in total. The fourth-order valence-electron chi connectivity index (χ4n) is 3.31. The Morgan fingerprint density at radius 2 is 1.76 bits per heavy atom. The molecule has 0 aliphatic carbocycles. The molecule has 9 heteroatoms. The van der Waals surface area contributed by atoms with E-state index in [4.69, 9.17) is 34.8 Å². The molecule has 0 spiro atoms. The first-order chi connectivity index (χ1) is 13.7. The molecule has 0 radical (unpaired) electrons. The minimum absolute atomic E-state index is 0.114. The fraction of sp³-hybridized carbons (Fsp3) is 0.350. The van der Waals surface area contributed by atoms with E-state index in [0.29, 0.717) is 52.2 Å². The summed E-state index contributed by atoms with van der Waals surface area (Å²) in [6, 6.07) is 10.2. The maximum absolute atomic E-state index is 12.7. The SMILES string of the molecule is Cc1c(Cl)cccc1NC(=O)C1CCN(S(=O)(=O)Cc2ccc(Cl)c(Cl)c2)CC1. The number of sulfonamides is 1. The number of hydrogen-bond donors (Lipinski definition) is 1. The molecule has 2 aromatic carbocycles. The van der Waals surface area contributed by atoms with Crippen LogP contribution in [0, 0.1) is 12.8 Å². The largest absolute Gasteiger partial charge is 0.326 e. The molecular weight excluding hydrogens is 455 g/mol. The molecule has 0 bridgehead atoms. The van der Waals surface area contributed by atoms with Crippen molar-refractivity contribution in [3.05, 3.63) is 62.6 Å². The van der Waals surface area contributed by atoms with Crippen LogP contribution in [-0.4, -0.2) is 31.7 Å². The van der Waals surface area contributed by atoms with E-state index in [1.54, 1.807) is 36.4 Å². The van der Waals surface area contributed by atoms with Crippen molar-refractivity contribution in [2.45, 2.75) is 25.5 Å². The molecule has 29 heavy (non-hydrogen) atoms.